The number of hydrogen-bond donors (Lipinski definition) is 2. The molecule has 6 heteroatoms. The van der Waals surface area contributed by atoms with Crippen LogP contribution in [0.15, 0.2) is 115 Å². The highest BCUT2D eigenvalue weighted by atomic mass is 16.5. The maximum absolute atomic E-state index is 13.9. The first-order valence-corrected chi connectivity index (χ1v) is 24.5. The monoisotopic (exact) mass is 855 g/mol. The van der Waals surface area contributed by atoms with E-state index >= 15 is 0 Å². The molecule has 10 atom stereocenters. The molecule has 340 valence electrons. The van der Waals surface area contributed by atoms with Gasteiger partial charge in [-0.25, -0.2) is 4.79 Å². The Morgan fingerprint density at radius 2 is 1.43 bits per heavy atom. The average molecular weight is 855 g/mol. The van der Waals surface area contributed by atoms with Crippen LogP contribution in [0.25, 0.3) is 0 Å². The van der Waals surface area contributed by atoms with Crippen LogP contribution in [0.4, 0.5) is 4.79 Å². The molecule has 4 aliphatic rings. The third kappa shape index (κ3) is 8.84. The zero-order valence-corrected chi connectivity index (χ0v) is 40.0. The van der Waals surface area contributed by atoms with Crippen molar-refractivity contribution in [3.05, 3.63) is 131 Å². The number of hydrogen-bond acceptors (Lipinski definition) is 3. The molecule has 6 nitrogen and oxygen atoms in total. The molecule has 63 heavy (non-hydrogen) atoms. The Hall–Kier alpha value is -4.16. The van der Waals surface area contributed by atoms with E-state index in [1.807, 2.05) is 54.6 Å². The second-order valence-corrected chi connectivity index (χ2v) is 21.4. The van der Waals surface area contributed by atoms with Crippen molar-refractivity contribution in [2.75, 3.05) is 20.2 Å². The molecule has 0 aliphatic heterocycles. The molecule has 0 spiro atoms. The summed E-state index contributed by atoms with van der Waals surface area (Å²) in [6, 6.07) is 30.4. The average Bonchev–Trinajstić information content (AvgIpc) is 3.65. The molecule has 0 heterocycles. The minimum absolute atomic E-state index is 0.0163. The summed E-state index contributed by atoms with van der Waals surface area (Å²) in [5.41, 5.74) is 3.15. The van der Waals surface area contributed by atoms with Gasteiger partial charge >= 0.3 is 6.09 Å². The minimum Gasteiger partial charge on any atom is -0.465 e. The van der Waals surface area contributed by atoms with Crippen LogP contribution in [0.5, 0.6) is 0 Å². The van der Waals surface area contributed by atoms with E-state index in [9.17, 15) is 14.7 Å². The van der Waals surface area contributed by atoms with Gasteiger partial charge in [-0.3, -0.25) is 4.79 Å². The molecule has 4 aliphatic carbocycles. The number of rotatable bonds is 16. The lowest BCUT2D eigenvalue weighted by molar-refractivity contribution is -0.129. The standard InChI is InChI=1S/C57H78N2O4/c1-10-41(39(2)3)27-26-40(4)49-30-31-50-48-29-28-47-36-46(32-34-55(47,7)51(48)33-35-56(49,50)8)54(5,6)59(53(61)62)37-42(52(60)58-9)38-63-57(43-20-14-11-15-21-43,44-22-16-12-17-23-44)45-24-18-13-19-25-45/h11-28,39-42,46,48-51H,10,29-38H2,1-9H3,(H,58,60)(H,61,62)/b27-26+/t40-,41-,42?,46+,48+,49-,50+,51+,55+,56-/m1/s1. The summed E-state index contributed by atoms with van der Waals surface area (Å²) in [7, 11) is 1.63. The van der Waals surface area contributed by atoms with Crippen LogP contribution < -0.4 is 5.32 Å². The summed E-state index contributed by atoms with van der Waals surface area (Å²) in [5.74, 6) is 4.01. The highest BCUT2D eigenvalue weighted by Crippen LogP contribution is 2.68. The Morgan fingerprint density at radius 3 is 1.95 bits per heavy atom. The number of allylic oxidation sites excluding steroid dienone is 4. The normalized spacial score (nSPS) is 28.6. The van der Waals surface area contributed by atoms with Gasteiger partial charge in [0.05, 0.1) is 12.5 Å². The third-order valence-electron chi connectivity index (χ3n) is 17.8. The van der Waals surface area contributed by atoms with Gasteiger partial charge < -0.3 is 20.1 Å². The summed E-state index contributed by atoms with van der Waals surface area (Å²) >= 11 is 0. The smallest absolute Gasteiger partial charge is 0.407 e. The number of nitrogens with one attached hydrogen (secondary N) is 1. The fourth-order valence-electron chi connectivity index (χ4n) is 13.9. The number of carbonyl (C=O) groups excluding carboxylic acids is 1. The van der Waals surface area contributed by atoms with Crippen molar-refractivity contribution in [3.8, 4) is 0 Å². The second-order valence-electron chi connectivity index (χ2n) is 21.4. The first kappa shape index (κ1) is 46.8. The van der Waals surface area contributed by atoms with Crippen LogP contribution in [-0.4, -0.2) is 47.7 Å². The van der Waals surface area contributed by atoms with Crippen molar-refractivity contribution < 1.29 is 19.4 Å². The highest BCUT2D eigenvalue weighted by Gasteiger charge is 2.60. The second kappa shape index (κ2) is 19.1. The van der Waals surface area contributed by atoms with E-state index < -0.39 is 23.2 Å². The van der Waals surface area contributed by atoms with Gasteiger partial charge in [-0.2, -0.15) is 0 Å². The molecule has 2 N–H and O–H groups in total. The maximum Gasteiger partial charge on any atom is 0.407 e. The quantitative estimate of drug-likeness (QED) is 0.111. The molecular formula is C57H78N2O4. The molecule has 3 saturated carbocycles. The number of ether oxygens (including phenoxy) is 1. The van der Waals surface area contributed by atoms with Gasteiger partial charge in [0.15, 0.2) is 0 Å². The van der Waals surface area contributed by atoms with Crippen molar-refractivity contribution in [3.63, 3.8) is 0 Å². The summed E-state index contributed by atoms with van der Waals surface area (Å²) < 4.78 is 7.14. The molecule has 3 fully saturated rings. The highest BCUT2D eigenvalue weighted by molar-refractivity contribution is 5.79. The van der Waals surface area contributed by atoms with E-state index in [1.54, 1.807) is 17.5 Å². The first-order valence-electron chi connectivity index (χ1n) is 24.5. The van der Waals surface area contributed by atoms with Crippen molar-refractivity contribution >= 4 is 12.0 Å². The molecule has 1 unspecified atom stereocenters. The summed E-state index contributed by atoms with van der Waals surface area (Å²) in [5, 5.41) is 13.9. The molecule has 0 bridgehead atoms. The van der Waals surface area contributed by atoms with Crippen molar-refractivity contribution in [2.24, 2.45) is 64.1 Å². The number of nitrogens with zero attached hydrogens (tertiary/aromatic N) is 1. The van der Waals surface area contributed by atoms with E-state index in [-0.39, 0.29) is 30.4 Å². The Balaban J connectivity index is 1.10. The molecule has 7 rings (SSSR count). The van der Waals surface area contributed by atoms with Crippen molar-refractivity contribution in [1.29, 1.82) is 0 Å². The SMILES string of the molecule is CC[C@H](/C=C/[C@@H](C)[C@H]1CC[C@H]2[C@@H]3CC=C4C[C@@H](C(C)(C)N(CC(COC(c5ccccc5)(c5ccccc5)c5ccccc5)C(=O)NC)C(=O)O)CC[C@]4(C)[C@H]3CC[C@]12C)C(C)C. The van der Waals surface area contributed by atoms with E-state index in [2.05, 4.69) is 115 Å². The summed E-state index contributed by atoms with van der Waals surface area (Å²) in [4.78, 5) is 29.0. The van der Waals surface area contributed by atoms with Crippen LogP contribution in [0.2, 0.25) is 0 Å². The van der Waals surface area contributed by atoms with E-state index in [0.29, 0.717) is 29.1 Å². The van der Waals surface area contributed by atoms with Gasteiger partial charge in [0.2, 0.25) is 5.91 Å². The Labute approximate surface area is 380 Å². The topological polar surface area (TPSA) is 78.9 Å². The van der Waals surface area contributed by atoms with E-state index in [4.69, 9.17) is 4.74 Å². The van der Waals surface area contributed by atoms with Crippen LogP contribution in [0, 0.1) is 64.1 Å². The van der Waals surface area contributed by atoms with Crippen LogP contribution in [-0.2, 0) is 15.1 Å². The van der Waals surface area contributed by atoms with Gasteiger partial charge in [-0.15, -0.1) is 0 Å². The first-order chi connectivity index (χ1) is 30.1. The van der Waals surface area contributed by atoms with Crippen molar-refractivity contribution in [1.82, 2.24) is 10.2 Å². The Morgan fingerprint density at radius 1 is 0.841 bits per heavy atom. The fraction of sp³-hybridized carbons (Fsp3) is 0.579. The Bertz CT molecular complexity index is 1960. The van der Waals surface area contributed by atoms with Gasteiger partial charge in [-0.1, -0.05) is 156 Å². The number of benzene rings is 3. The molecular weight excluding hydrogens is 777 g/mol. The van der Waals surface area contributed by atoms with Gasteiger partial charge in [0.25, 0.3) is 0 Å². The number of amides is 2. The van der Waals surface area contributed by atoms with Gasteiger partial charge in [0, 0.05) is 19.1 Å². The van der Waals surface area contributed by atoms with E-state index in [1.165, 1.54) is 32.1 Å². The Kier molecular flexibility index (Phi) is 14.2. The summed E-state index contributed by atoms with van der Waals surface area (Å²) in [6.07, 6.45) is 17.3. The van der Waals surface area contributed by atoms with Crippen molar-refractivity contribution in [2.45, 2.75) is 124 Å². The third-order valence-corrected chi connectivity index (χ3v) is 17.8. The lowest BCUT2D eigenvalue weighted by atomic mass is 9.46. The molecule has 0 saturated heterocycles. The molecule has 3 aromatic rings. The summed E-state index contributed by atoms with van der Waals surface area (Å²) in [6.45, 7) is 19.0. The largest absolute Gasteiger partial charge is 0.465 e. The van der Waals surface area contributed by atoms with Gasteiger partial charge in [0.1, 0.15) is 5.60 Å². The number of carbonyl (C=O) groups is 2. The number of carboxylic acid groups (broad SMARTS) is 1. The predicted molar refractivity (Wildman–Crippen MR) is 257 cm³/mol. The van der Waals surface area contributed by atoms with E-state index in [0.717, 1.165) is 60.1 Å². The predicted octanol–water partition coefficient (Wildman–Crippen LogP) is 13.2. The molecule has 2 amide bonds. The lowest BCUT2D eigenvalue weighted by Gasteiger charge is -2.59. The lowest BCUT2D eigenvalue weighted by Crippen LogP contribution is -2.57. The van der Waals surface area contributed by atoms with Crippen LogP contribution >= 0.6 is 0 Å². The molecule has 0 radical (unpaired) electrons. The zero-order valence-electron chi connectivity index (χ0n) is 40.0. The minimum atomic E-state index is -1.03. The zero-order chi connectivity index (χ0) is 45.2. The van der Waals surface area contributed by atoms with Gasteiger partial charge in [-0.05, 0) is 146 Å². The molecule has 3 aromatic carbocycles. The van der Waals surface area contributed by atoms with Crippen LogP contribution in [0.3, 0.4) is 0 Å². The maximum atomic E-state index is 13.9. The molecule has 0 aromatic heterocycles. The number of fused-ring (bicyclic) bond motifs is 5. The van der Waals surface area contributed by atoms with Crippen LogP contribution in [0.1, 0.15) is 130 Å². The fourth-order valence-corrected chi connectivity index (χ4v) is 13.9.